The van der Waals surface area contributed by atoms with E-state index in [1.165, 1.54) is 0 Å². The third-order valence-corrected chi connectivity index (χ3v) is 5.03. The van der Waals surface area contributed by atoms with E-state index < -0.39 is 0 Å². The molecule has 160 valence electrons. The molecule has 0 aliphatic carbocycles. The predicted molar refractivity (Wildman–Crippen MR) is 111 cm³/mol. The summed E-state index contributed by atoms with van der Waals surface area (Å²) in [4.78, 5) is 26.3. The Morgan fingerprint density at radius 3 is 2.21 bits per heavy atom. The maximum atomic E-state index is 12.3. The molecule has 0 spiro atoms. The predicted octanol–water partition coefficient (Wildman–Crippen LogP) is 2.96. The fourth-order valence-electron chi connectivity index (χ4n) is 3.39. The van der Waals surface area contributed by atoms with E-state index in [2.05, 4.69) is 4.90 Å². The first-order valence-electron chi connectivity index (χ1n) is 9.92. The molecule has 0 unspecified atom stereocenters. The molecule has 1 aliphatic heterocycles. The Morgan fingerprint density at radius 1 is 1.07 bits per heavy atom. The number of likely N-dealkylation sites (tertiary alicyclic amines) is 1. The fourth-order valence-corrected chi connectivity index (χ4v) is 3.39. The molecule has 1 fully saturated rings. The number of nitrogens with zero attached hydrogens (tertiary/aromatic N) is 1. The number of carbonyl (C=O) groups is 2. The maximum Gasteiger partial charge on any atom is 0.309 e. The Bertz CT molecular complexity index is 697. The van der Waals surface area contributed by atoms with Gasteiger partial charge in [-0.1, -0.05) is 6.08 Å². The van der Waals surface area contributed by atoms with Gasteiger partial charge in [0.25, 0.3) is 0 Å². The van der Waals surface area contributed by atoms with Crippen molar-refractivity contribution in [1.29, 1.82) is 0 Å². The third-order valence-electron chi connectivity index (χ3n) is 5.03. The van der Waals surface area contributed by atoms with Crippen molar-refractivity contribution in [1.82, 2.24) is 4.90 Å². The van der Waals surface area contributed by atoms with Gasteiger partial charge in [0.05, 0.1) is 33.9 Å². The molecule has 1 heterocycles. The van der Waals surface area contributed by atoms with E-state index in [9.17, 15) is 9.59 Å². The first kappa shape index (κ1) is 22.7. The van der Waals surface area contributed by atoms with E-state index in [1.807, 2.05) is 6.92 Å². The summed E-state index contributed by atoms with van der Waals surface area (Å²) in [6.45, 7) is 4.56. The van der Waals surface area contributed by atoms with Crippen LogP contribution in [0.15, 0.2) is 18.2 Å². The van der Waals surface area contributed by atoms with Crippen molar-refractivity contribution in [3.8, 4) is 17.2 Å². The second-order valence-electron chi connectivity index (χ2n) is 6.88. The van der Waals surface area contributed by atoms with Crippen LogP contribution in [0.4, 0.5) is 0 Å². The molecule has 0 amide bonds. The molecule has 0 aromatic heterocycles. The minimum atomic E-state index is -0.100. The lowest BCUT2D eigenvalue weighted by Crippen LogP contribution is -2.37. The van der Waals surface area contributed by atoms with E-state index in [-0.39, 0.29) is 17.7 Å². The standard InChI is InChI=1S/C22H31NO6/c1-5-29-22(25)17-8-11-23(12-9-17)13-10-18(24)7-6-16-14-19(26-2)21(28-4)20(15-16)27-3/h6-7,14-15,17H,5,8-13H2,1-4H3. The van der Waals surface area contributed by atoms with Crippen LogP contribution in [0.25, 0.3) is 6.08 Å². The monoisotopic (exact) mass is 405 g/mol. The highest BCUT2D eigenvalue weighted by Gasteiger charge is 2.25. The number of piperidine rings is 1. The number of hydrogen-bond acceptors (Lipinski definition) is 7. The zero-order chi connectivity index (χ0) is 21.2. The Labute approximate surface area is 172 Å². The summed E-state index contributed by atoms with van der Waals surface area (Å²) in [7, 11) is 4.66. The summed E-state index contributed by atoms with van der Waals surface area (Å²) in [5, 5.41) is 0. The summed E-state index contributed by atoms with van der Waals surface area (Å²) < 4.78 is 21.1. The Balaban J connectivity index is 1.85. The molecular formula is C22H31NO6. The topological polar surface area (TPSA) is 74.3 Å². The van der Waals surface area contributed by atoms with Crippen LogP contribution in [-0.2, 0) is 14.3 Å². The normalized spacial score (nSPS) is 15.3. The van der Waals surface area contributed by atoms with E-state index in [0.717, 1.165) is 31.5 Å². The fraction of sp³-hybridized carbons (Fsp3) is 0.545. The molecule has 1 saturated heterocycles. The number of esters is 1. The largest absolute Gasteiger partial charge is 0.493 e. The SMILES string of the molecule is CCOC(=O)C1CCN(CCC(=O)C=Cc2cc(OC)c(OC)c(OC)c2)CC1. The van der Waals surface area contributed by atoms with Crippen LogP contribution in [0.2, 0.25) is 0 Å². The van der Waals surface area contributed by atoms with Gasteiger partial charge < -0.3 is 23.8 Å². The van der Waals surface area contributed by atoms with Gasteiger partial charge >= 0.3 is 5.97 Å². The number of ether oxygens (including phenoxy) is 4. The van der Waals surface area contributed by atoms with Crippen LogP contribution in [-0.4, -0.2) is 64.2 Å². The van der Waals surface area contributed by atoms with Crippen molar-refractivity contribution >= 4 is 17.8 Å². The van der Waals surface area contributed by atoms with E-state index in [0.29, 0.717) is 36.8 Å². The van der Waals surface area contributed by atoms with Gasteiger partial charge in [0.1, 0.15) is 0 Å². The molecule has 0 radical (unpaired) electrons. The van der Waals surface area contributed by atoms with Gasteiger partial charge in [0, 0.05) is 13.0 Å². The van der Waals surface area contributed by atoms with Crippen LogP contribution >= 0.6 is 0 Å². The lowest BCUT2D eigenvalue weighted by Gasteiger charge is -2.30. The molecule has 7 heteroatoms. The molecule has 0 saturated carbocycles. The first-order chi connectivity index (χ1) is 14.0. The van der Waals surface area contributed by atoms with Crippen molar-refractivity contribution in [2.45, 2.75) is 26.2 Å². The van der Waals surface area contributed by atoms with Gasteiger partial charge in [-0.25, -0.2) is 0 Å². The van der Waals surface area contributed by atoms with Crippen molar-refractivity contribution < 1.29 is 28.5 Å². The van der Waals surface area contributed by atoms with Crippen molar-refractivity contribution in [2.75, 3.05) is 47.6 Å². The van der Waals surface area contributed by atoms with Crippen molar-refractivity contribution in [3.05, 3.63) is 23.8 Å². The van der Waals surface area contributed by atoms with Gasteiger partial charge in [0.2, 0.25) is 5.75 Å². The van der Waals surface area contributed by atoms with Crippen LogP contribution in [0.3, 0.4) is 0 Å². The lowest BCUT2D eigenvalue weighted by atomic mass is 9.97. The van der Waals surface area contributed by atoms with Gasteiger partial charge in [-0.3, -0.25) is 9.59 Å². The lowest BCUT2D eigenvalue weighted by molar-refractivity contribution is -0.149. The van der Waals surface area contributed by atoms with Crippen molar-refractivity contribution in [2.24, 2.45) is 5.92 Å². The molecule has 1 aliphatic rings. The van der Waals surface area contributed by atoms with Gasteiger partial charge in [-0.15, -0.1) is 0 Å². The third kappa shape index (κ3) is 6.49. The number of rotatable bonds is 10. The summed E-state index contributed by atoms with van der Waals surface area (Å²) in [6.07, 6.45) is 5.33. The average molecular weight is 405 g/mol. The van der Waals surface area contributed by atoms with Crippen LogP contribution in [0, 0.1) is 5.92 Å². The smallest absolute Gasteiger partial charge is 0.309 e. The number of carbonyl (C=O) groups excluding carboxylic acids is 2. The second-order valence-corrected chi connectivity index (χ2v) is 6.88. The zero-order valence-corrected chi connectivity index (χ0v) is 17.7. The highest BCUT2D eigenvalue weighted by molar-refractivity contribution is 5.93. The molecular weight excluding hydrogens is 374 g/mol. The van der Waals surface area contributed by atoms with Gasteiger partial charge in [0.15, 0.2) is 17.3 Å². The molecule has 0 bridgehead atoms. The van der Waals surface area contributed by atoms with Gasteiger partial charge in [-0.05, 0) is 56.6 Å². The van der Waals surface area contributed by atoms with E-state index in [4.69, 9.17) is 18.9 Å². The molecule has 29 heavy (non-hydrogen) atoms. The van der Waals surface area contributed by atoms with Gasteiger partial charge in [-0.2, -0.15) is 0 Å². The minimum Gasteiger partial charge on any atom is -0.493 e. The quantitative estimate of drug-likeness (QED) is 0.438. The Hall–Kier alpha value is -2.54. The molecule has 7 nitrogen and oxygen atoms in total. The molecule has 1 aromatic carbocycles. The maximum absolute atomic E-state index is 12.3. The Morgan fingerprint density at radius 2 is 1.69 bits per heavy atom. The van der Waals surface area contributed by atoms with Crippen molar-refractivity contribution in [3.63, 3.8) is 0 Å². The molecule has 0 N–H and O–H groups in total. The van der Waals surface area contributed by atoms with E-state index in [1.54, 1.807) is 45.6 Å². The Kier molecular flexibility index (Phi) is 8.99. The zero-order valence-electron chi connectivity index (χ0n) is 17.7. The number of hydrogen-bond donors (Lipinski definition) is 0. The number of methoxy groups -OCH3 is 3. The van der Waals surface area contributed by atoms with Crippen LogP contribution in [0.1, 0.15) is 31.7 Å². The minimum absolute atomic E-state index is 0.0122. The second kappa shape index (κ2) is 11.5. The average Bonchev–Trinajstić information content (AvgIpc) is 2.75. The molecule has 0 atom stereocenters. The van der Waals surface area contributed by atoms with Crippen LogP contribution < -0.4 is 14.2 Å². The summed E-state index contributed by atoms with van der Waals surface area (Å²) in [5.41, 5.74) is 0.795. The van der Waals surface area contributed by atoms with E-state index >= 15 is 0 Å². The molecule has 1 aromatic rings. The summed E-state index contributed by atoms with van der Waals surface area (Å²) >= 11 is 0. The number of ketones is 1. The summed E-state index contributed by atoms with van der Waals surface area (Å²) in [6, 6.07) is 3.59. The molecule has 2 rings (SSSR count). The van der Waals surface area contributed by atoms with Crippen LogP contribution in [0.5, 0.6) is 17.2 Å². The highest BCUT2D eigenvalue weighted by atomic mass is 16.5. The number of benzene rings is 1. The summed E-state index contributed by atoms with van der Waals surface area (Å²) in [5.74, 6) is 1.54. The number of allylic oxidation sites excluding steroid dienone is 1. The highest BCUT2D eigenvalue weighted by Crippen LogP contribution is 2.38. The first-order valence-corrected chi connectivity index (χ1v) is 9.92.